The minimum absolute atomic E-state index is 0.0172. The summed E-state index contributed by atoms with van der Waals surface area (Å²) in [5.74, 6) is 6.22. The molecule has 0 unspecified atom stereocenters. The van der Waals surface area contributed by atoms with Crippen molar-refractivity contribution >= 4 is 11.7 Å². The number of carbonyl (C=O) groups is 1. The van der Waals surface area contributed by atoms with Crippen molar-refractivity contribution in [2.45, 2.75) is 19.9 Å². The van der Waals surface area contributed by atoms with Gasteiger partial charge in [0.2, 0.25) is 0 Å². The number of allylic oxidation sites excluding steroid dienone is 2. The Labute approximate surface area is 126 Å². The minimum Gasteiger partial charge on any atom is -0.316 e. The summed E-state index contributed by atoms with van der Waals surface area (Å²) in [6.45, 7) is 6.87. The molecule has 1 heterocycles. The van der Waals surface area contributed by atoms with E-state index in [1.165, 1.54) is 0 Å². The van der Waals surface area contributed by atoms with E-state index in [4.69, 9.17) is 0 Å². The van der Waals surface area contributed by atoms with Crippen LogP contribution in [0.25, 0.3) is 0 Å². The molecule has 0 spiro atoms. The van der Waals surface area contributed by atoms with Crippen LogP contribution in [0.4, 0.5) is 10.5 Å². The SMILES string of the molecule is C=C/C=C/CN1Cc2cc(C#CCC)ccc2N(C)C1=O. The van der Waals surface area contributed by atoms with Gasteiger partial charge in [0.1, 0.15) is 0 Å². The molecule has 2 amide bonds. The molecular weight excluding hydrogens is 260 g/mol. The van der Waals surface area contributed by atoms with Crippen LogP contribution >= 0.6 is 0 Å². The van der Waals surface area contributed by atoms with Crippen molar-refractivity contribution in [3.8, 4) is 11.8 Å². The molecule has 1 aliphatic rings. The number of nitrogens with zero attached hydrogens (tertiary/aromatic N) is 2. The average Bonchev–Trinajstić information content (AvgIpc) is 2.50. The van der Waals surface area contributed by atoms with Gasteiger partial charge in [0.25, 0.3) is 0 Å². The van der Waals surface area contributed by atoms with E-state index in [1.807, 2.05) is 38.3 Å². The van der Waals surface area contributed by atoms with Gasteiger partial charge in [0, 0.05) is 32.1 Å². The topological polar surface area (TPSA) is 23.6 Å². The lowest BCUT2D eigenvalue weighted by Crippen LogP contribution is -2.45. The van der Waals surface area contributed by atoms with Crippen molar-refractivity contribution in [1.29, 1.82) is 0 Å². The van der Waals surface area contributed by atoms with Crippen LogP contribution in [-0.4, -0.2) is 24.5 Å². The molecule has 3 nitrogen and oxygen atoms in total. The van der Waals surface area contributed by atoms with Crippen molar-refractivity contribution in [2.75, 3.05) is 18.5 Å². The highest BCUT2D eigenvalue weighted by molar-refractivity contribution is 5.94. The van der Waals surface area contributed by atoms with E-state index in [9.17, 15) is 4.79 Å². The molecule has 108 valence electrons. The first-order valence-electron chi connectivity index (χ1n) is 7.09. The number of fused-ring (bicyclic) bond motifs is 1. The summed E-state index contributed by atoms with van der Waals surface area (Å²) < 4.78 is 0. The smallest absolute Gasteiger partial charge is 0.316 e. The predicted octanol–water partition coefficient (Wildman–Crippen LogP) is 3.56. The fraction of sp³-hybridized carbons (Fsp3) is 0.278. The van der Waals surface area contributed by atoms with Gasteiger partial charge in [-0.2, -0.15) is 0 Å². The third kappa shape index (κ3) is 3.35. The molecule has 1 aromatic carbocycles. The first-order valence-corrected chi connectivity index (χ1v) is 7.09. The summed E-state index contributed by atoms with van der Waals surface area (Å²) in [6, 6.07) is 6.04. The van der Waals surface area contributed by atoms with Crippen LogP contribution in [0.2, 0.25) is 0 Å². The Morgan fingerprint density at radius 3 is 2.95 bits per heavy atom. The van der Waals surface area contributed by atoms with Gasteiger partial charge in [-0.05, 0) is 23.8 Å². The third-order valence-corrected chi connectivity index (χ3v) is 3.37. The van der Waals surface area contributed by atoms with Crippen molar-refractivity contribution in [3.05, 3.63) is 54.1 Å². The molecule has 0 atom stereocenters. The number of urea groups is 1. The average molecular weight is 280 g/mol. The van der Waals surface area contributed by atoms with E-state index in [2.05, 4.69) is 24.5 Å². The first kappa shape index (κ1) is 14.9. The third-order valence-electron chi connectivity index (χ3n) is 3.37. The summed E-state index contributed by atoms with van der Waals surface area (Å²) in [7, 11) is 1.81. The maximum atomic E-state index is 12.3. The molecule has 2 rings (SSSR count). The van der Waals surface area contributed by atoms with Crippen LogP contribution in [-0.2, 0) is 6.54 Å². The zero-order valence-corrected chi connectivity index (χ0v) is 12.6. The Bertz CT molecular complexity index is 634. The second-order valence-corrected chi connectivity index (χ2v) is 4.88. The van der Waals surface area contributed by atoms with Gasteiger partial charge in [0.15, 0.2) is 0 Å². The quantitative estimate of drug-likeness (QED) is 0.613. The van der Waals surface area contributed by atoms with Crippen LogP contribution in [0, 0.1) is 11.8 Å². The number of carbonyl (C=O) groups excluding carboxylic acids is 1. The first-order chi connectivity index (χ1) is 10.2. The van der Waals surface area contributed by atoms with Crippen LogP contribution in [0.5, 0.6) is 0 Å². The second kappa shape index (κ2) is 6.81. The minimum atomic E-state index is 0.0172. The molecule has 0 saturated carbocycles. The van der Waals surface area contributed by atoms with Crippen molar-refractivity contribution in [1.82, 2.24) is 4.90 Å². The lowest BCUT2D eigenvalue weighted by molar-refractivity contribution is 0.206. The Hall–Kier alpha value is -2.47. The number of benzene rings is 1. The Morgan fingerprint density at radius 2 is 2.24 bits per heavy atom. The Morgan fingerprint density at radius 1 is 1.43 bits per heavy atom. The molecule has 0 aliphatic carbocycles. The number of hydrogen-bond donors (Lipinski definition) is 0. The molecule has 1 aliphatic heterocycles. The molecular formula is C18H20N2O. The maximum Gasteiger partial charge on any atom is 0.324 e. The fourth-order valence-corrected chi connectivity index (χ4v) is 2.32. The lowest BCUT2D eigenvalue weighted by atomic mass is 10.1. The number of amides is 2. The van der Waals surface area contributed by atoms with E-state index < -0.39 is 0 Å². The molecule has 0 radical (unpaired) electrons. The number of anilines is 1. The van der Waals surface area contributed by atoms with E-state index in [0.29, 0.717) is 13.1 Å². The summed E-state index contributed by atoms with van der Waals surface area (Å²) in [5, 5.41) is 0. The van der Waals surface area contributed by atoms with Crippen molar-refractivity contribution < 1.29 is 4.79 Å². The molecule has 0 fully saturated rings. The van der Waals surface area contributed by atoms with Gasteiger partial charge in [0.05, 0.1) is 5.69 Å². The van der Waals surface area contributed by atoms with Crippen molar-refractivity contribution in [2.24, 2.45) is 0 Å². The predicted molar refractivity (Wildman–Crippen MR) is 87.2 cm³/mol. The normalized spacial score (nSPS) is 13.9. The lowest BCUT2D eigenvalue weighted by Gasteiger charge is -2.34. The van der Waals surface area contributed by atoms with Gasteiger partial charge < -0.3 is 4.90 Å². The summed E-state index contributed by atoms with van der Waals surface area (Å²) in [4.78, 5) is 15.8. The highest BCUT2D eigenvalue weighted by atomic mass is 16.2. The van der Waals surface area contributed by atoms with Crippen LogP contribution < -0.4 is 4.90 Å². The highest BCUT2D eigenvalue weighted by Gasteiger charge is 2.26. The monoisotopic (exact) mass is 280 g/mol. The van der Waals surface area contributed by atoms with Gasteiger partial charge in [-0.3, -0.25) is 4.90 Å². The largest absolute Gasteiger partial charge is 0.324 e. The van der Waals surface area contributed by atoms with Crippen molar-refractivity contribution in [3.63, 3.8) is 0 Å². The summed E-state index contributed by atoms with van der Waals surface area (Å²) >= 11 is 0. The van der Waals surface area contributed by atoms with E-state index in [1.54, 1.807) is 15.9 Å². The second-order valence-electron chi connectivity index (χ2n) is 4.88. The van der Waals surface area contributed by atoms with Gasteiger partial charge >= 0.3 is 6.03 Å². The van der Waals surface area contributed by atoms with E-state index >= 15 is 0 Å². The molecule has 3 heteroatoms. The summed E-state index contributed by atoms with van der Waals surface area (Å²) in [6.07, 6.45) is 6.34. The molecule has 21 heavy (non-hydrogen) atoms. The van der Waals surface area contributed by atoms with Crippen LogP contribution in [0.3, 0.4) is 0 Å². The fourth-order valence-electron chi connectivity index (χ4n) is 2.32. The zero-order valence-electron chi connectivity index (χ0n) is 12.6. The molecule has 0 N–H and O–H groups in total. The highest BCUT2D eigenvalue weighted by Crippen LogP contribution is 2.28. The van der Waals surface area contributed by atoms with E-state index in [-0.39, 0.29) is 6.03 Å². The van der Waals surface area contributed by atoms with Crippen LogP contribution in [0.15, 0.2) is 43.0 Å². The number of hydrogen-bond acceptors (Lipinski definition) is 1. The zero-order chi connectivity index (χ0) is 15.2. The molecule has 0 aromatic heterocycles. The molecule has 0 bridgehead atoms. The van der Waals surface area contributed by atoms with E-state index in [0.717, 1.165) is 23.2 Å². The standard InChI is InChI=1S/C18H20N2O/c1-4-6-8-12-20-14-16-13-15(9-7-5-2)10-11-17(16)19(3)18(20)21/h4,6,8,10-11,13H,1,5,12,14H2,2-3H3/b8-6+. The van der Waals surface area contributed by atoms with Gasteiger partial charge in [-0.15, -0.1) is 0 Å². The Kier molecular flexibility index (Phi) is 4.84. The maximum absolute atomic E-state index is 12.3. The van der Waals surface area contributed by atoms with Crippen LogP contribution in [0.1, 0.15) is 24.5 Å². The molecule has 1 aromatic rings. The van der Waals surface area contributed by atoms with Gasteiger partial charge in [-0.25, -0.2) is 4.79 Å². The Balaban J connectivity index is 2.28. The summed E-state index contributed by atoms with van der Waals surface area (Å²) in [5.41, 5.74) is 3.10. The number of rotatable bonds is 3. The van der Waals surface area contributed by atoms with Gasteiger partial charge in [-0.1, -0.05) is 43.6 Å². The molecule has 0 saturated heterocycles.